The Labute approximate surface area is 99.0 Å². The van der Waals surface area contributed by atoms with E-state index in [1.807, 2.05) is 0 Å². The number of ether oxygens (including phenoxy) is 1. The molecule has 1 N–H and O–H groups in total. The Bertz CT molecular complexity index is 425. The number of esters is 1. The van der Waals surface area contributed by atoms with Gasteiger partial charge >= 0.3 is 12.1 Å². The lowest BCUT2D eigenvalue weighted by Gasteiger charge is -2.08. The van der Waals surface area contributed by atoms with Gasteiger partial charge in [-0.05, 0) is 0 Å². The highest BCUT2D eigenvalue weighted by molar-refractivity contribution is 6.29. The molecule has 17 heavy (non-hydrogen) atoms. The molecule has 1 aromatic heterocycles. The quantitative estimate of drug-likeness (QED) is 0.669. The summed E-state index contributed by atoms with van der Waals surface area (Å²) in [5.41, 5.74) is 0. The first-order valence-electron chi connectivity index (χ1n) is 4.25. The summed E-state index contributed by atoms with van der Waals surface area (Å²) in [5, 5.41) is 1.96. The molecule has 5 nitrogen and oxygen atoms in total. The molecule has 0 unspecified atom stereocenters. The average molecular weight is 270 g/mol. The third kappa shape index (κ3) is 4.06. The van der Waals surface area contributed by atoms with Crippen molar-refractivity contribution >= 4 is 23.4 Å². The van der Waals surface area contributed by atoms with E-state index in [1.165, 1.54) is 0 Å². The van der Waals surface area contributed by atoms with Gasteiger partial charge in [-0.2, -0.15) is 13.2 Å². The van der Waals surface area contributed by atoms with Crippen molar-refractivity contribution in [2.75, 3.05) is 19.0 Å². The topological polar surface area (TPSA) is 64.1 Å². The number of halogens is 4. The zero-order chi connectivity index (χ0) is 13.1. The number of rotatable bonds is 3. The molecule has 0 amide bonds. The second-order valence-corrected chi connectivity index (χ2v) is 3.21. The summed E-state index contributed by atoms with van der Waals surface area (Å²) in [6.45, 7) is -0.318. The Morgan fingerprint density at radius 2 is 2.18 bits per heavy atom. The first kappa shape index (κ1) is 13.5. The number of carbonyl (C=O) groups is 1. The highest BCUT2D eigenvalue weighted by Gasteiger charge is 2.35. The normalized spacial score (nSPS) is 11.1. The van der Waals surface area contributed by atoms with Gasteiger partial charge in [0.15, 0.2) is 0 Å². The number of hydrogen-bond donors (Lipinski definition) is 1. The van der Waals surface area contributed by atoms with Gasteiger partial charge in [-0.3, -0.25) is 4.79 Å². The minimum absolute atomic E-state index is 0.206. The molecule has 0 aliphatic heterocycles. The maximum atomic E-state index is 12.3. The highest BCUT2D eigenvalue weighted by Crippen LogP contribution is 2.28. The third-order valence-corrected chi connectivity index (χ3v) is 1.78. The van der Waals surface area contributed by atoms with Crippen molar-refractivity contribution in [3.8, 4) is 0 Å². The Morgan fingerprint density at radius 3 is 2.71 bits per heavy atom. The monoisotopic (exact) mass is 269 g/mol. The van der Waals surface area contributed by atoms with E-state index >= 15 is 0 Å². The van der Waals surface area contributed by atoms with Gasteiger partial charge in [0, 0.05) is 6.07 Å². The number of methoxy groups -OCH3 is 1. The van der Waals surface area contributed by atoms with Gasteiger partial charge in [-0.1, -0.05) is 11.6 Å². The van der Waals surface area contributed by atoms with E-state index in [2.05, 4.69) is 20.0 Å². The summed E-state index contributed by atoms with van der Waals surface area (Å²) in [6.07, 6.45) is -4.70. The molecule has 1 aromatic rings. The molecular formula is C8H7ClF3N3O2. The molecule has 0 saturated heterocycles. The summed E-state index contributed by atoms with van der Waals surface area (Å²) in [6, 6.07) is 1.07. The van der Waals surface area contributed by atoms with Crippen molar-refractivity contribution < 1.29 is 22.7 Å². The molecule has 0 bridgehead atoms. The maximum Gasteiger partial charge on any atom is 0.451 e. The van der Waals surface area contributed by atoms with Crippen LogP contribution in [0.25, 0.3) is 0 Å². The lowest BCUT2D eigenvalue weighted by Crippen LogP contribution is -2.18. The molecule has 0 atom stereocenters. The molecule has 9 heteroatoms. The third-order valence-electron chi connectivity index (χ3n) is 1.59. The van der Waals surface area contributed by atoms with E-state index in [0.29, 0.717) is 0 Å². The first-order valence-corrected chi connectivity index (χ1v) is 4.63. The molecule has 0 aliphatic carbocycles. The minimum Gasteiger partial charge on any atom is -0.468 e. The molecule has 0 fully saturated rings. The molecule has 0 radical (unpaired) electrons. The second-order valence-electron chi connectivity index (χ2n) is 2.83. The second kappa shape index (κ2) is 5.17. The van der Waals surface area contributed by atoms with Gasteiger partial charge < -0.3 is 10.1 Å². The van der Waals surface area contributed by atoms with Gasteiger partial charge in [0.1, 0.15) is 17.5 Å². The fourth-order valence-corrected chi connectivity index (χ4v) is 1.05. The van der Waals surface area contributed by atoms with Crippen LogP contribution >= 0.6 is 11.6 Å². The number of nitrogens with zero attached hydrogens (tertiary/aromatic N) is 2. The highest BCUT2D eigenvalue weighted by atomic mass is 35.5. The van der Waals surface area contributed by atoms with Gasteiger partial charge in [0.25, 0.3) is 0 Å². The first-order chi connectivity index (χ1) is 7.82. The molecule has 1 heterocycles. The number of alkyl halides is 3. The summed E-state index contributed by atoms with van der Waals surface area (Å²) >= 11 is 5.40. The number of nitrogens with one attached hydrogen (secondary N) is 1. The van der Waals surface area contributed by atoms with Crippen LogP contribution in [0.2, 0.25) is 5.15 Å². The van der Waals surface area contributed by atoms with Gasteiger partial charge in [0.2, 0.25) is 5.82 Å². The zero-order valence-electron chi connectivity index (χ0n) is 8.51. The van der Waals surface area contributed by atoms with Crippen molar-refractivity contribution in [2.45, 2.75) is 6.18 Å². The van der Waals surface area contributed by atoms with Crippen LogP contribution < -0.4 is 5.32 Å². The number of anilines is 1. The van der Waals surface area contributed by atoms with Crippen LogP contribution in [-0.2, 0) is 15.7 Å². The molecule has 0 saturated carbocycles. The van der Waals surface area contributed by atoms with Crippen LogP contribution in [0, 0.1) is 0 Å². The standard InChI is InChI=1S/C8H7ClF3N3O2/c1-17-6(16)3-13-5-2-4(9)14-7(15-5)8(10,11)12/h2H,3H2,1H3,(H,13,14,15). The Morgan fingerprint density at radius 1 is 1.53 bits per heavy atom. The van der Waals surface area contributed by atoms with Crippen LogP contribution in [0.3, 0.4) is 0 Å². The molecule has 0 aliphatic rings. The van der Waals surface area contributed by atoms with Crippen molar-refractivity contribution in [3.05, 3.63) is 17.0 Å². The van der Waals surface area contributed by atoms with Crippen LogP contribution in [-0.4, -0.2) is 29.6 Å². The van der Waals surface area contributed by atoms with Crippen LogP contribution in [0.1, 0.15) is 5.82 Å². The van der Waals surface area contributed by atoms with E-state index in [1.54, 1.807) is 0 Å². The van der Waals surface area contributed by atoms with Crippen LogP contribution in [0.5, 0.6) is 0 Å². The number of aromatic nitrogens is 2. The van der Waals surface area contributed by atoms with Crippen molar-refractivity contribution in [1.29, 1.82) is 0 Å². The van der Waals surface area contributed by atoms with E-state index < -0.39 is 18.0 Å². The van der Waals surface area contributed by atoms with Gasteiger partial charge in [-0.15, -0.1) is 0 Å². The van der Waals surface area contributed by atoms with Gasteiger partial charge in [0.05, 0.1) is 7.11 Å². The fraction of sp³-hybridized carbons (Fsp3) is 0.375. The fourth-order valence-electron chi connectivity index (χ4n) is 0.870. The molecule has 0 spiro atoms. The van der Waals surface area contributed by atoms with Crippen molar-refractivity contribution in [1.82, 2.24) is 9.97 Å². The minimum atomic E-state index is -4.70. The Balaban J connectivity index is 2.87. The molecule has 0 aromatic carbocycles. The van der Waals surface area contributed by atoms with Gasteiger partial charge in [-0.25, -0.2) is 9.97 Å². The summed E-state index contributed by atoms with van der Waals surface area (Å²) in [7, 11) is 1.15. The number of hydrogen-bond acceptors (Lipinski definition) is 5. The maximum absolute atomic E-state index is 12.3. The zero-order valence-corrected chi connectivity index (χ0v) is 9.26. The van der Waals surface area contributed by atoms with E-state index in [4.69, 9.17) is 11.6 Å². The largest absolute Gasteiger partial charge is 0.468 e. The lowest BCUT2D eigenvalue weighted by atomic mass is 10.5. The Kier molecular flexibility index (Phi) is 4.11. The summed E-state index contributed by atoms with van der Waals surface area (Å²) < 4.78 is 41.2. The Hall–Kier alpha value is -1.57. The van der Waals surface area contributed by atoms with Crippen LogP contribution in [0.4, 0.5) is 19.0 Å². The SMILES string of the molecule is COC(=O)CNc1cc(Cl)nc(C(F)(F)F)n1. The van der Waals surface area contributed by atoms with E-state index in [9.17, 15) is 18.0 Å². The van der Waals surface area contributed by atoms with Crippen molar-refractivity contribution in [2.24, 2.45) is 0 Å². The van der Waals surface area contributed by atoms with Crippen molar-refractivity contribution in [3.63, 3.8) is 0 Å². The molecule has 94 valence electrons. The predicted octanol–water partition coefficient (Wildman–Crippen LogP) is 1.73. The van der Waals surface area contributed by atoms with Crippen LogP contribution in [0.15, 0.2) is 6.07 Å². The molecular weight excluding hydrogens is 263 g/mol. The summed E-state index contributed by atoms with van der Waals surface area (Å²) in [5.74, 6) is -2.23. The predicted molar refractivity (Wildman–Crippen MR) is 52.5 cm³/mol. The smallest absolute Gasteiger partial charge is 0.451 e. The average Bonchev–Trinajstić information content (AvgIpc) is 2.24. The lowest BCUT2D eigenvalue weighted by molar-refractivity contribution is -0.144. The van der Waals surface area contributed by atoms with E-state index in [0.717, 1.165) is 13.2 Å². The van der Waals surface area contributed by atoms with E-state index in [-0.39, 0.29) is 17.5 Å². The summed E-state index contributed by atoms with van der Waals surface area (Å²) in [4.78, 5) is 17.0. The number of carbonyl (C=O) groups excluding carboxylic acids is 1. The molecule has 1 rings (SSSR count).